The molecule has 0 bridgehead atoms. The zero-order valence-corrected chi connectivity index (χ0v) is 9.99. The van der Waals surface area contributed by atoms with Crippen LogP contribution in [-0.4, -0.2) is 11.9 Å². The van der Waals surface area contributed by atoms with Crippen LogP contribution in [0.5, 0.6) is 0 Å². The molecule has 0 saturated heterocycles. The van der Waals surface area contributed by atoms with E-state index in [2.05, 4.69) is 5.32 Å². The lowest BCUT2D eigenvalue weighted by Gasteiger charge is -2.07. The van der Waals surface area contributed by atoms with E-state index in [0.717, 1.165) is 12.0 Å². The van der Waals surface area contributed by atoms with Crippen molar-refractivity contribution in [1.29, 1.82) is 0 Å². The molecule has 0 fully saturated rings. The highest BCUT2D eigenvalue weighted by atomic mass is 16.1. The first-order valence-corrected chi connectivity index (χ1v) is 5.66. The third-order valence-corrected chi connectivity index (χ3v) is 2.44. The van der Waals surface area contributed by atoms with Crippen molar-refractivity contribution in [3.8, 4) is 0 Å². The van der Waals surface area contributed by atoms with E-state index in [1.807, 2.05) is 38.1 Å². The Morgan fingerprint density at radius 2 is 2.00 bits per heavy atom. The van der Waals surface area contributed by atoms with Gasteiger partial charge in [-0.05, 0) is 25.8 Å². The number of benzene rings is 1. The number of hydrogen-bond acceptors (Lipinski definition) is 2. The zero-order valence-electron chi connectivity index (χ0n) is 9.99. The molecule has 1 aromatic rings. The fraction of sp³-hybridized carbons (Fsp3) is 0.462. The molecule has 0 radical (unpaired) electrons. The van der Waals surface area contributed by atoms with E-state index in [4.69, 9.17) is 5.73 Å². The number of amides is 1. The van der Waals surface area contributed by atoms with Gasteiger partial charge in [0.2, 0.25) is 5.91 Å². The summed E-state index contributed by atoms with van der Waals surface area (Å²) >= 11 is 0. The number of aryl methyl sites for hydroxylation is 1. The number of carbonyl (C=O) groups excluding carboxylic acids is 1. The number of hydrogen-bond donors (Lipinski definition) is 2. The molecule has 0 heterocycles. The molecule has 0 spiro atoms. The number of nitrogens with one attached hydrogen (secondary N) is 1. The lowest BCUT2D eigenvalue weighted by molar-refractivity contribution is -0.121. The van der Waals surface area contributed by atoms with E-state index in [0.29, 0.717) is 13.0 Å². The van der Waals surface area contributed by atoms with Crippen LogP contribution in [0.1, 0.15) is 30.9 Å². The minimum absolute atomic E-state index is 0.0675. The second kappa shape index (κ2) is 6.28. The zero-order chi connectivity index (χ0) is 12.0. The van der Waals surface area contributed by atoms with Crippen LogP contribution in [0.25, 0.3) is 0 Å². The summed E-state index contributed by atoms with van der Waals surface area (Å²) in [6.07, 6.45) is 1.24. The van der Waals surface area contributed by atoms with Crippen LogP contribution in [0.2, 0.25) is 0 Å². The third-order valence-electron chi connectivity index (χ3n) is 2.44. The van der Waals surface area contributed by atoms with E-state index < -0.39 is 0 Å². The van der Waals surface area contributed by atoms with Gasteiger partial charge in [0.25, 0.3) is 0 Å². The standard InChI is InChI=1S/C13H20N2O/c1-10-3-6-12(7-4-10)9-15-13(16)8-5-11(2)14/h3-4,6-7,11H,5,8-9,14H2,1-2H3,(H,15,16). The van der Waals surface area contributed by atoms with E-state index in [9.17, 15) is 4.79 Å². The lowest BCUT2D eigenvalue weighted by atomic mass is 10.1. The SMILES string of the molecule is Cc1ccc(CNC(=O)CCC(C)N)cc1. The molecular formula is C13H20N2O. The number of carbonyl (C=O) groups is 1. The van der Waals surface area contributed by atoms with Crippen LogP contribution in [0.15, 0.2) is 24.3 Å². The predicted octanol–water partition coefficient (Wildman–Crippen LogP) is 1.74. The summed E-state index contributed by atoms with van der Waals surface area (Å²) in [4.78, 5) is 11.4. The van der Waals surface area contributed by atoms with Crippen molar-refractivity contribution < 1.29 is 4.79 Å². The molecule has 0 aliphatic rings. The van der Waals surface area contributed by atoms with Crippen molar-refractivity contribution in [2.45, 2.75) is 39.3 Å². The minimum atomic E-state index is 0.0675. The molecular weight excluding hydrogens is 200 g/mol. The summed E-state index contributed by atoms with van der Waals surface area (Å²) in [5, 5.41) is 2.88. The first-order valence-electron chi connectivity index (χ1n) is 5.66. The molecule has 1 rings (SSSR count). The molecule has 3 nitrogen and oxygen atoms in total. The van der Waals surface area contributed by atoms with Gasteiger partial charge in [-0.1, -0.05) is 29.8 Å². The van der Waals surface area contributed by atoms with Crippen LogP contribution in [0, 0.1) is 6.92 Å². The van der Waals surface area contributed by atoms with E-state index in [1.54, 1.807) is 0 Å². The monoisotopic (exact) mass is 220 g/mol. The fourth-order valence-electron chi connectivity index (χ4n) is 1.35. The van der Waals surface area contributed by atoms with Crippen molar-refractivity contribution in [2.24, 2.45) is 5.73 Å². The molecule has 0 saturated carbocycles. The quantitative estimate of drug-likeness (QED) is 0.794. The van der Waals surface area contributed by atoms with Crippen LogP contribution < -0.4 is 11.1 Å². The van der Waals surface area contributed by atoms with Crippen molar-refractivity contribution >= 4 is 5.91 Å². The van der Waals surface area contributed by atoms with Gasteiger partial charge in [0, 0.05) is 19.0 Å². The van der Waals surface area contributed by atoms with Gasteiger partial charge in [-0.25, -0.2) is 0 Å². The smallest absolute Gasteiger partial charge is 0.220 e. The van der Waals surface area contributed by atoms with E-state index in [-0.39, 0.29) is 11.9 Å². The van der Waals surface area contributed by atoms with Crippen molar-refractivity contribution in [2.75, 3.05) is 0 Å². The Morgan fingerprint density at radius 1 is 1.38 bits per heavy atom. The molecule has 88 valence electrons. The average Bonchev–Trinajstić information content (AvgIpc) is 2.25. The van der Waals surface area contributed by atoms with Crippen molar-refractivity contribution in [3.05, 3.63) is 35.4 Å². The van der Waals surface area contributed by atoms with E-state index >= 15 is 0 Å². The molecule has 3 N–H and O–H groups in total. The molecule has 1 amide bonds. The molecule has 3 heteroatoms. The first-order chi connectivity index (χ1) is 7.58. The minimum Gasteiger partial charge on any atom is -0.352 e. The van der Waals surface area contributed by atoms with Crippen molar-refractivity contribution in [3.63, 3.8) is 0 Å². The number of rotatable bonds is 5. The van der Waals surface area contributed by atoms with Crippen molar-refractivity contribution in [1.82, 2.24) is 5.32 Å². The van der Waals surface area contributed by atoms with Gasteiger partial charge in [0.1, 0.15) is 0 Å². The van der Waals surface area contributed by atoms with Gasteiger partial charge in [0.05, 0.1) is 0 Å². The van der Waals surface area contributed by atoms with Gasteiger partial charge in [-0.3, -0.25) is 4.79 Å². The molecule has 0 aliphatic heterocycles. The Morgan fingerprint density at radius 3 is 2.56 bits per heavy atom. The molecule has 1 atom stereocenters. The first kappa shape index (κ1) is 12.7. The maximum absolute atomic E-state index is 11.4. The second-order valence-corrected chi connectivity index (χ2v) is 4.28. The third kappa shape index (κ3) is 4.94. The number of nitrogens with two attached hydrogens (primary N) is 1. The van der Waals surface area contributed by atoms with Gasteiger partial charge < -0.3 is 11.1 Å². The largest absolute Gasteiger partial charge is 0.352 e. The Kier molecular flexibility index (Phi) is 4.99. The summed E-state index contributed by atoms with van der Waals surface area (Å²) < 4.78 is 0. The topological polar surface area (TPSA) is 55.1 Å². The van der Waals surface area contributed by atoms with Gasteiger partial charge >= 0.3 is 0 Å². The highest BCUT2D eigenvalue weighted by Gasteiger charge is 2.02. The molecule has 1 unspecified atom stereocenters. The normalized spacial score (nSPS) is 12.2. The Hall–Kier alpha value is -1.35. The summed E-state index contributed by atoms with van der Waals surface area (Å²) in [6, 6.07) is 8.24. The van der Waals surface area contributed by atoms with E-state index in [1.165, 1.54) is 5.56 Å². The summed E-state index contributed by atoms with van der Waals surface area (Å²) in [5.41, 5.74) is 7.94. The second-order valence-electron chi connectivity index (χ2n) is 4.28. The Balaban J connectivity index is 2.29. The van der Waals surface area contributed by atoms with Gasteiger partial charge in [0.15, 0.2) is 0 Å². The Bertz CT molecular complexity index is 330. The average molecular weight is 220 g/mol. The van der Waals surface area contributed by atoms with Crippen LogP contribution in [-0.2, 0) is 11.3 Å². The van der Waals surface area contributed by atoms with Crippen LogP contribution in [0.4, 0.5) is 0 Å². The van der Waals surface area contributed by atoms with Crippen LogP contribution >= 0.6 is 0 Å². The van der Waals surface area contributed by atoms with Gasteiger partial charge in [-0.15, -0.1) is 0 Å². The lowest BCUT2D eigenvalue weighted by Crippen LogP contribution is -2.25. The molecule has 0 aromatic heterocycles. The highest BCUT2D eigenvalue weighted by Crippen LogP contribution is 2.02. The highest BCUT2D eigenvalue weighted by molar-refractivity contribution is 5.75. The van der Waals surface area contributed by atoms with Crippen LogP contribution in [0.3, 0.4) is 0 Å². The Labute approximate surface area is 97.0 Å². The van der Waals surface area contributed by atoms with Gasteiger partial charge in [-0.2, -0.15) is 0 Å². The molecule has 1 aromatic carbocycles. The fourth-order valence-corrected chi connectivity index (χ4v) is 1.35. The summed E-state index contributed by atoms with van der Waals surface area (Å²) in [7, 11) is 0. The summed E-state index contributed by atoms with van der Waals surface area (Å²) in [6.45, 7) is 4.55. The molecule has 0 aliphatic carbocycles. The predicted molar refractivity (Wildman–Crippen MR) is 65.9 cm³/mol. The summed E-state index contributed by atoms with van der Waals surface area (Å²) in [5.74, 6) is 0.0675. The maximum Gasteiger partial charge on any atom is 0.220 e. The maximum atomic E-state index is 11.4. The molecule has 16 heavy (non-hydrogen) atoms.